The summed E-state index contributed by atoms with van der Waals surface area (Å²) < 4.78 is 11.2. The Morgan fingerprint density at radius 2 is 2.11 bits per heavy atom. The number of aliphatic hydroxyl groups excluding tert-OH is 1. The van der Waals surface area contributed by atoms with Crippen LogP contribution in [0.4, 0.5) is 0 Å². The number of hydrogen-bond acceptors (Lipinski definition) is 5. The Morgan fingerprint density at radius 1 is 1.32 bits per heavy atom. The van der Waals surface area contributed by atoms with Crippen LogP contribution >= 0.6 is 36.4 Å². The Hall–Kier alpha value is -0.430. The SMILES string of the molecule is CCCOc1cc(Cl)c(CN2CCC[C@]3(CNCC[C@@H]3O)C2)cc1OC.Cl.Cl. The predicted molar refractivity (Wildman–Crippen MR) is 119 cm³/mol. The van der Waals surface area contributed by atoms with E-state index in [1.54, 1.807) is 7.11 Å². The van der Waals surface area contributed by atoms with Crippen LogP contribution in [0.5, 0.6) is 11.5 Å². The second-order valence-corrected chi connectivity index (χ2v) is 8.01. The number of ether oxygens (including phenoxy) is 2. The van der Waals surface area contributed by atoms with E-state index in [4.69, 9.17) is 21.1 Å². The lowest BCUT2D eigenvalue weighted by molar-refractivity contribution is -0.0514. The van der Waals surface area contributed by atoms with Crippen molar-refractivity contribution in [2.45, 2.75) is 45.3 Å². The molecule has 1 aromatic carbocycles. The fourth-order valence-electron chi connectivity index (χ4n) is 4.23. The van der Waals surface area contributed by atoms with Gasteiger partial charge in [0.2, 0.25) is 0 Å². The van der Waals surface area contributed by atoms with Crippen molar-refractivity contribution in [3.8, 4) is 11.5 Å². The fourth-order valence-corrected chi connectivity index (χ4v) is 4.45. The lowest BCUT2D eigenvalue weighted by Crippen LogP contribution is -2.57. The molecule has 2 fully saturated rings. The molecular formula is C20H33Cl3N2O3. The second kappa shape index (κ2) is 11.7. The summed E-state index contributed by atoms with van der Waals surface area (Å²) in [6.45, 7) is 7.21. The number of methoxy groups -OCH3 is 1. The van der Waals surface area contributed by atoms with E-state index in [-0.39, 0.29) is 36.3 Å². The molecule has 0 aliphatic carbocycles. The number of rotatable bonds is 6. The number of piperidine rings is 2. The number of halogens is 3. The zero-order chi connectivity index (χ0) is 18.6. The highest BCUT2D eigenvalue weighted by atomic mass is 35.5. The van der Waals surface area contributed by atoms with Crippen LogP contribution in [0.15, 0.2) is 12.1 Å². The number of nitrogens with zero attached hydrogens (tertiary/aromatic N) is 1. The number of benzene rings is 1. The van der Waals surface area contributed by atoms with Crippen molar-refractivity contribution in [1.82, 2.24) is 10.2 Å². The lowest BCUT2D eigenvalue weighted by Gasteiger charge is -2.48. The Morgan fingerprint density at radius 3 is 2.79 bits per heavy atom. The average molecular weight is 456 g/mol. The molecule has 0 aromatic heterocycles. The highest BCUT2D eigenvalue weighted by molar-refractivity contribution is 6.31. The molecule has 2 aliphatic heterocycles. The summed E-state index contributed by atoms with van der Waals surface area (Å²) >= 11 is 6.54. The van der Waals surface area contributed by atoms with Crippen molar-refractivity contribution in [2.24, 2.45) is 5.41 Å². The molecule has 2 N–H and O–H groups in total. The zero-order valence-corrected chi connectivity index (χ0v) is 19.1. The molecule has 0 radical (unpaired) electrons. The molecule has 0 amide bonds. The van der Waals surface area contributed by atoms with Gasteiger partial charge in [0.25, 0.3) is 0 Å². The Balaban J connectivity index is 0.00000196. The largest absolute Gasteiger partial charge is 0.493 e. The lowest BCUT2D eigenvalue weighted by atomic mass is 9.72. The third-order valence-electron chi connectivity index (χ3n) is 5.65. The molecule has 8 heteroatoms. The van der Waals surface area contributed by atoms with Crippen LogP contribution in [0.25, 0.3) is 0 Å². The van der Waals surface area contributed by atoms with Gasteiger partial charge in [-0.25, -0.2) is 0 Å². The molecule has 1 spiro atoms. The number of nitrogens with one attached hydrogen (secondary N) is 1. The number of likely N-dealkylation sites (tertiary alicyclic amines) is 1. The quantitative estimate of drug-likeness (QED) is 0.681. The van der Waals surface area contributed by atoms with Crippen molar-refractivity contribution < 1.29 is 14.6 Å². The zero-order valence-electron chi connectivity index (χ0n) is 16.7. The van der Waals surface area contributed by atoms with Crippen molar-refractivity contribution in [2.75, 3.05) is 39.9 Å². The molecule has 2 heterocycles. The Kier molecular flexibility index (Phi) is 10.7. The van der Waals surface area contributed by atoms with Gasteiger partial charge in [0, 0.05) is 36.1 Å². The van der Waals surface area contributed by atoms with Crippen LogP contribution in [-0.4, -0.2) is 56.0 Å². The molecule has 0 unspecified atom stereocenters. The molecule has 3 rings (SSSR count). The summed E-state index contributed by atoms with van der Waals surface area (Å²) in [5, 5.41) is 14.8. The number of hydrogen-bond donors (Lipinski definition) is 2. The minimum absolute atomic E-state index is 0. The normalized spacial score (nSPS) is 24.9. The summed E-state index contributed by atoms with van der Waals surface area (Å²) in [6, 6.07) is 3.85. The average Bonchev–Trinajstić information content (AvgIpc) is 2.64. The first-order chi connectivity index (χ1) is 12.6. The maximum absolute atomic E-state index is 10.6. The van der Waals surface area contributed by atoms with Crippen molar-refractivity contribution in [3.05, 3.63) is 22.7 Å². The second-order valence-electron chi connectivity index (χ2n) is 7.60. The van der Waals surface area contributed by atoms with E-state index in [1.165, 1.54) is 0 Å². The maximum atomic E-state index is 10.6. The molecule has 28 heavy (non-hydrogen) atoms. The van der Waals surface area contributed by atoms with Gasteiger partial charge in [0.05, 0.1) is 19.8 Å². The molecule has 5 nitrogen and oxygen atoms in total. The Bertz CT molecular complexity index is 617. The van der Waals surface area contributed by atoms with Crippen LogP contribution in [0.3, 0.4) is 0 Å². The first-order valence-electron chi connectivity index (χ1n) is 9.68. The van der Waals surface area contributed by atoms with Gasteiger partial charge < -0.3 is 19.9 Å². The topological polar surface area (TPSA) is 54.0 Å². The minimum atomic E-state index is -0.221. The Labute approximate surface area is 185 Å². The van der Waals surface area contributed by atoms with Crippen molar-refractivity contribution >= 4 is 36.4 Å². The van der Waals surface area contributed by atoms with Crippen molar-refractivity contribution in [3.63, 3.8) is 0 Å². The molecule has 162 valence electrons. The van der Waals surface area contributed by atoms with Crippen LogP contribution in [0, 0.1) is 5.41 Å². The molecule has 2 aliphatic rings. The van der Waals surface area contributed by atoms with Crippen molar-refractivity contribution in [1.29, 1.82) is 0 Å². The molecular weight excluding hydrogens is 423 g/mol. The van der Waals surface area contributed by atoms with Gasteiger partial charge in [-0.2, -0.15) is 0 Å². The summed E-state index contributed by atoms with van der Waals surface area (Å²) in [6.07, 6.45) is 3.74. The van der Waals surface area contributed by atoms with Gasteiger partial charge in [-0.15, -0.1) is 24.8 Å². The molecule has 2 saturated heterocycles. The van der Waals surface area contributed by atoms with E-state index >= 15 is 0 Å². The monoisotopic (exact) mass is 454 g/mol. The maximum Gasteiger partial charge on any atom is 0.162 e. The smallest absolute Gasteiger partial charge is 0.162 e. The van der Waals surface area contributed by atoms with E-state index in [0.717, 1.165) is 69.7 Å². The molecule has 1 aromatic rings. The van der Waals surface area contributed by atoms with Gasteiger partial charge in [0.1, 0.15) is 0 Å². The highest BCUT2D eigenvalue weighted by Crippen LogP contribution is 2.38. The fraction of sp³-hybridized carbons (Fsp3) is 0.700. The van der Waals surface area contributed by atoms with E-state index in [1.807, 2.05) is 12.1 Å². The molecule has 2 atom stereocenters. The van der Waals surface area contributed by atoms with Crippen LogP contribution in [0.1, 0.15) is 38.2 Å². The predicted octanol–water partition coefficient (Wildman–Crippen LogP) is 3.92. The van der Waals surface area contributed by atoms with Gasteiger partial charge in [-0.05, 0) is 50.4 Å². The van der Waals surface area contributed by atoms with Crippen LogP contribution < -0.4 is 14.8 Å². The van der Waals surface area contributed by atoms with Gasteiger partial charge in [-0.1, -0.05) is 18.5 Å². The summed E-state index contributed by atoms with van der Waals surface area (Å²) in [5.41, 5.74) is 1.01. The molecule has 0 saturated carbocycles. The van der Waals surface area contributed by atoms with Gasteiger partial charge >= 0.3 is 0 Å². The standard InChI is InChI=1S/C20H31ClN2O3.2ClH/c1-3-9-26-18-11-16(21)15(10-17(18)25-2)12-23-8-4-6-20(14-23)13-22-7-5-19(20)24;;/h10-11,19,22,24H,3-9,12-14H2,1-2H3;2*1H/t19-,20-;;/m0../s1. The summed E-state index contributed by atoms with van der Waals surface area (Å²) in [7, 11) is 1.66. The first kappa shape index (κ1) is 25.6. The third kappa shape index (κ3) is 5.80. The van der Waals surface area contributed by atoms with Gasteiger partial charge in [-0.3, -0.25) is 4.90 Å². The first-order valence-corrected chi connectivity index (χ1v) is 10.1. The van der Waals surface area contributed by atoms with E-state index in [9.17, 15) is 5.11 Å². The number of aliphatic hydroxyl groups is 1. The molecule has 0 bridgehead atoms. The summed E-state index contributed by atoms with van der Waals surface area (Å²) in [4.78, 5) is 2.41. The summed E-state index contributed by atoms with van der Waals surface area (Å²) in [5.74, 6) is 1.43. The minimum Gasteiger partial charge on any atom is -0.493 e. The third-order valence-corrected chi connectivity index (χ3v) is 6.01. The van der Waals surface area contributed by atoms with E-state index in [2.05, 4.69) is 17.1 Å². The van der Waals surface area contributed by atoms with Crippen LogP contribution in [-0.2, 0) is 6.54 Å². The van der Waals surface area contributed by atoms with Gasteiger partial charge in [0.15, 0.2) is 11.5 Å². The highest BCUT2D eigenvalue weighted by Gasteiger charge is 2.43. The van der Waals surface area contributed by atoms with Crippen LogP contribution in [0.2, 0.25) is 5.02 Å². The van der Waals surface area contributed by atoms with E-state index < -0.39 is 0 Å². The van der Waals surface area contributed by atoms with E-state index in [0.29, 0.717) is 17.4 Å².